The molecule has 0 amide bonds. The molecule has 24 heavy (non-hydrogen) atoms. The molecule has 0 aliphatic rings. The van der Waals surface area contributed by atoms with Crippen molar-refractivity contribution in [1.82, 2.24) is 9.61 Å². The number of hydrogen-bond donors (Lipinski definition) is 1. The van der Waals surface area contributed by atoms with Crippen molar-refractivity contribution in [3.05, 3.63) is 59.4 Å². The number of hydrogen-bond acceptors (Lipinski definition) is 2. The zero-order valence-electron chi connectivity index (χ0n) is 12.6. The number of halogens is 3. The first-order valence-electron chi connectivity index (χ1n) is 7.12. The van der Waals surface area contributed by atoms with Crippen molar-refractivity contribution in [1.29, 1.82) is 0 Å². The van der Waals surface area contributed by atoms with Crippen molar-refractivity contribution in [3.8, 4) is 11.1 Å². The fourth-order valence-corrected chi connectivity index (χ4v) is 2.64. The Morgan fingerprint density at radius 2 is 2.00 bits per heavy atom. The lowest BCUT2D eigenvalue weighted by Gasteiger charge is -2.14. The van der Waals surface area contributed by atoms with Gasteiger partial charge < -0.3 is 5.11 Å². The SMILES string of the molecule is Cc1ccc(C(F)(F)F)c(-c2ccn3ncc(CC(=O)O)c3c2)c1. The van der Waals surface area contributed by atoms with E-state index in [4.69, 9.17) is 5.11 Å². The number of aromatic nitrogens is 2. The van der Waals surface area contributed by atoms with E-state index in [0.29, 0.717) is 22.2 Å². The number of carbonyl (C=O) groups is 1. The number of aliphatic carboxylic acids is 1. The number of carboxylic acids is 1. The summed E-state index contributed by atoms with van der Waals surface area (Å²) < 4.78 is 41.3. The van der Waals surface area contributed by atoms with Gasteiger partial charge >= 0.3 is 12.1 Å². The fraction of sp³-hybridized carbons (Fsp3) is 0.176. The van der Waals surface area contributed by atoms with Gasteiger partial charge in [0.2, 0.25) is 0 Å². The van der Waals surface area contributed by atoms with Crippen LogP contribution in [0.3, 0.4) is 0 Å². The molecule has 0 spiro atoms. The summed E-state index contributed by atoms with van der Waals surface area (Å²) in [5, 5.41) is 13.0. The minimum absolute atomic E-state index is 0.0625. The summed E-state index contributed by atoms with van der Waals surface area (Å²) in [5.41, 5.74) is 1.34. The van der Waals surface area contributed by atoms with Gasteiger partial charge in [0.15, 0.2) is 0 Å². The van der Waals surface area contributed by atoms with E-state index in [9.17, 15) is 18.0 Å². The van der Waals surface area contributed by atoms with E-state index in [-0.39, 0.29) is 12.0 Å². The Bertz CT molecular complexity index is 929. The molecule has 2 heterocycles. The lowest BCUT2D eigenvalue weighted by Crippen LogP contribution is -2.07. The number of carboxylic acid groups (broad SMARTS) is 1. The van der Waals surface area contributed by atoms with Crippen LogP contribution in [0, 0.1) is 6.92 Å². The standard InChI is InChI=1S/C17H13F3N2O2/c1-10-2-3-14(17(18,19)20)13(6-10)11-4-5-22-15(7-11)12(9-21-22)8-16(23)24/h2-7,9H,8H2,1H3,(H,23,24). The molecule has 0 bridgehead atoms. The molecular formula is C17H13F3N2O2. The summed E-state index contributed by atoms with van der Waals surface area (Å²) in [6.07, 6.45) is -1.78. The highest BCUT2D eigenvalue weighted by atomic mass is 19.4. The predicted molar refractivity (Wildman–Crippen MR) is 81.7 cm³/mol. The van der Waals surface area contributed by atoms with E-state index in [1.165, 1.54) is 41.2 Å². The first-order valence-corrected chi connectivity index (χ1v) is 7.12. The predicted octanol–water partition coefficient (Wildman–Crippen LogP) is 3.96. The molecule has 124 valence electrons. The summed E-state index contributed by atoms with van der Waals surface area (Å²) in [5.74, 6) is -1.03. The average Bonchev–Trinajstić information content (AvgIpc) is 2.87. The third-order valence-electron chi connectivity index (χ3n) is 3.73. The molecule has 0 saturated heterocycles. The molecule has 0 radical (unpaired) electrons. The van der Waals surface area contributed by atoms with Gasteiger partial charge in [0.1, 0.15) is 0 Å². The van der Waals surface area contributed by atoms with Crippen LogP contribution in [-0.2, 0) is 17.4 Å². The molecule has 0 fully saturated rings. The minimum Gasteiger partial charge on any atom is -0.481 e. The van der Waals surface area contributed by atoms with Crippen LogP contribution in [0.4, 0.5) is 13.2 Å². The van der Waals surface area contributed by atoms with Crippen molar-refractivity contribution in [2.45, 2.75) is 19.5 Å². The maximum absolute atomic E-state index is 13.3. The summed E-state index contributed by atoms with van der Waals surface area (Å²) in [6, 6.07) is 7.02. The Labute approximate surface area is 135 Å². The average molecular weight is 334 g/mol. The largest absolute Gasteiger partial charge is 0.481 e. The van der Waals surface area contributed by atoms with Gasteiger partial charge in [0.05, 0.1) is 23.7 Å². The first kappa shape index (κ1) is 16.0. The molecule has 2 aromatic heterocycles. The molecule has 1 aromatic carbocycles. The lowest BCUT2D eigenvalue weighted by atomic mass is 9.97. The van der Waals surface area contributed by atoms with Gasteiger partial charge in [-0.15, -0.1) is 0 Å². The number of nitrogens with zero attached hydrogens (tertiary/aromatic N) is 2. The van der Waals surface area contributed by atoms with Gasteiger partial charge in [-0.3, -0.25) is 4.79 Å². The molecule has 1 N–H and O–H groups in total. The Morgan fingerprint density at radius 1 is 1.25 bits per heavy atom. The Kier molecular flexibility index (Phi) is 3.79. The van der Waals surface area contributed by atoms with Crippen molar-refractivity contribution in [2.75, 3.05) is 0 Å². The Balaban J connectivity index is 2.20. The second kappa shape index (κ2) is 5.67. The molecule has 0 saturated carbocycles. The number of fused-ring (bicyclic) bond motifs is 1. The molecule has 0 aliphatic carbocycles. The lowest BCUT2D eigenvalue weighted by molar-refractivity contribution is -0.137. The fourth-order valence-electron chi connectivity index (χ4n) is 2.64. The van der Waals surface area contributed by atoms with Crippen molar-refractivity contribution >= 4 is 11.5 Å². The van der Waals surface area contributed by atoms with E-state index in [2.05, 4.69) is 5.10 Å². The molecule has 0 unspecified atom stereocenters. The molecule has 0 aliphatic heterocycles. The summed E-state index contributed by atoms with van der Waals surface area (Å²) in [6.45, 7) is 1.72. The van der Waals surface area contributed by atoms with E-state index < -0.39 is 17.7 Å². The van der Waals surface area contributed by atoms with Gasteiger partial charge in [-0.25, -0.2) is 4.52 Å². The number of benzene rings is 1. The molecule has 3 rings (SSSR count). The number of alkyl halides is 3. The summed E-state index contributed by atoms with van der Waals surface area (Å²) >= 11 is 0. The highest BCUT2D eigenvalue weighted by molar-refractivity contribution is 5.78. The van der Waals surface area contributed by atoms with E-state index in [1.54, 1.807) is 6.92 Å². The normalized spacial score (nSPS) is 11.8. The van der Waals surface area contributed by atoms with Crippen LogP contribution < -0.4 is 0 Å². The Morgan fingerprint density at radius 3 is 2.67 bits per heavy atom. The zero-order valence-corrected chi connectivity index (χ0v) is 12.6. The third kappa shape index (κ3) is 2.97. The monoisotopic (exact) mass is 334 g/mol. The first-order chi connectivity index (χ1) is 11.3. The molecular weight excluding hydrogens is 321 g/mol. The third-order valence-corrected chi connectivity index (χ3v) is 3.73. The smallest absolute Gasteiger partial charge is 0.417 e. The number of pyridine rings is 1. The minimum atomic E-state index is -4.47. The van der Waals surface area contributed by atoms with E-state index in [1.807, 2.05) is 0 Å². The van der Waals surface area contributed by atoms with Crippen molar-refractivity contribution in [2.24, 2.45) is 0 Å². The zero-order chi connectivity index (χ0) is 17.5. The van der Waals surface area contributed by atoms with Crippen LogP contribution in [-0.4, -0.2) is 20.7 Å². The maximum Gasteiger partial charge on any atom is 0.417 e. The van der Waals surface area contributed by atoms with Gasteiger partial charge in [0.25, 0.3) is 0 Å². The number of rotatable bonds is 3. The Hall–Kier alpha value is -2.83. The second-order valence-electron chi connectivity index (χ2n) is 5.53. The van der Waals surface area contributed by atoms with Crippen LogP contribution in [0.25, 0.3) is 16.6 Å². The van der Waals surface area contributed by atoms with Crippen LogP contribution >= 0.6 is 0 Å². The molecule has 0 atom stereocenters. The second-order valence-corrected chi connectivity index (χ2v) is 5.53. The topological polar surface area (TPSA) is 54.6 Å². The van der Waals surface area contributed by atoms with Gasteiger partial charge in [0, 0.05) is 11.8 Å². The van der Waals surface area contributed by atoms with Crippen molar-refractivity contribution in [3.63, 3.8) is 0 Å². The maximum atomic E-state index is 13.3. The van der Waals surface area contributed by atoms with Crippen molar-refractivity contribution < 1.29 is 23.1 Å². The van der Waals surface area contributed by atoms with Gasteiger partial charge in [-0.2, -0.15) is 18.3 Å². The van der Waals surface area contributed by atoms with Crippen LogP contribution in [0.15, 0.2) is 42.7 Å². The molecule has 4 nitrogen and oxygen atoms in total. The van der Waals surface area contributed by atoms with Crippen LogP contribution in [0.1, 0.15) is 16.7 Å². The van der Waals surface area contributed by atoms with E-state index >= 15 is 0 Å². The summed E-state index contributed by atoms with van der Waals surface area (Å²) in [4.78, 5) is 10.9. The van der Waals surface area contributed by atoms with Gasteiger partial charge in [-0.1, -0.05) is 17.7 Å². The number of aryl methyl sites for hydroxylation is 1. The molecule has 3 aromatic rings. The highest BCUT2D eigenvalue weighted by Gasteiger charge is 2.33. The highest BCUT2D eigenvalue weighted by Crippen LogP contribution is 2.38. The quantitative estimate of drug-likeness (QED) is 0.789. The van der Waals surface area contributed by atoms with Gasteiger partial charge in [-0.05, 0) is 36.2 Å². The van der Waals surface area contributed by atoms with E-state index in [0.717, 1.165) is 6.07 Å². The molecule has 7 heteroatoms. The van der Waals surface area contributed by atoms with Crippen LogP contribution in [0.5, 0.6) is 0 Å². The van der Waals surface area contributed by atoms with Crippen LogP contribution in [0.2, 0.25) is 0 Å². The summed E-state index contributed by atoms with van der Waals surface area (Å²) in [7, 11) is 0.